The highest BCUT2D eigenvalue weighted by atomic mass is 32.2. The molecule has 0 radical (unpaired) electrons. The Morgan fingerprint density at radius 2 is 1.64 bits per heavy atom. The van der Waals surface area contributed by atoms with Gasteiger partial charge in [0, 0.05) is 29.6 Å². The smallest absolute Gasteiger partial charge is 0.238 e. The van der Waals surface area contributed by atoms with E-state index in [1.807, 2.05) is 25.7 Å². The van der Waals surface area contributed by atoms with Gasteiger partial charge in [0.15, 0.2) is 0 Å². The molecule has 4 heteroatoms. The Balaban J connectivity index is 2.00. The zero-order valence-electron chi connectivity index (χ0n) is 13.9. The lowest BCUT2D eigenvalue weighted by Crippen LogP contribution is -2.40. The average Bonchev–Trinajstić information content (AvgIpc) is 2.73. The molecule has 1 fully saturated rings. The first-order chi connectivity index (χ1) is 10.5. The van der Waals surface area contributed by atoms with Crippen molar-refractivity contribution in [3.63, 3.8) is 0 Å². The summed E-state index contributed by atoms with van der Waals surface area (Å²) in [6.45, 7) is 7.55. The van der Waals surface area contributed by atoms with Gasteiger partial charge in [-0.1, -0.05) is 42.2 Å². The summed E-state index contributed by atoms with van der Waals surface area (Å²) >= 11 is 0. The Morgan fingerprint density at radius 1 is 1.09 bits per heavy atom. The summed E-state index contributed by atoms with van der Waals surface area (Å²) in [5.74, 6) is 0.521. The topological polar surface area (TPSA) is 37.4 Å². The Bertz CT molecular complexity index is 528. The second kappa shape index (κ2) is 7.91. The molecule has 2 unspecified atom stereocenters. The van der Waals surface area contributed by atoms with Crippen molar-refractivity contribution in [2.75, 3.05) is 13.1 Å². The van der Waals surface area contributed by atoms with E-state index in [1.165, 1.54) is 24.0 Å². The third kappa shape index (κ3) is 4.67. The van der Waals surface area contributed by atoms with Gasteiger partial charge in [0.25, 0.3) is 0 Å². The van der Waals surface area contributed by atoms with Crippen molar-refractivity contribution >= 4 is 16.7 Å². The van der Waals surface area contributed by atoms with Crippen LogP contribution in [-0.4, -0.2) is 33.4 Å². The van der Waals surface area contributed by atoms with Gasteiger partial charge in [-0.15, -0.1) is 0 Å². The van der Waals surface area contributed by atoms with Gasteiger partial charge in [0.05, 0.1) is 0 Å². The molecule has 1 aromatic carbocycles. The number of amides is 1. The van der Waals surface area contributed by atoms with Gasteiger partial charge in [-0.25, -0.2) is 0 Å². The van der Waals surface area contributed by atoms with E-state index in [-0.39, 0.29) is 5.91 Å². The number of hydrogen-bond donors (Lipinski definition) is 0. The van der Waals surface area contributed by atoms with Crippen LogP contribution in [0.3, 0.4) is 0 Å². The van der Waals surface area contributed by atoms with E-state index >= 15 is 0 Å². The molecule has 1 aliphatic heterocycles. The Morgan fingerprint density at radius 3 is 2.18 bits per heavy atom. The second-order valence-corrected chi connectivity index (χ2v) is 8.16. The van der Waals surface area contributed by atoms with Crippen LogP contribution >= 0.6 is 0 Å². The lowest BCUT2D eigenvalue weighted by Gasteiger charge is -2.23. The maximum absolute atomic E-state index is 12.6. The Labute approximate surface area is 136 Å². The van der Waals surface area contributed by atoms with Crippen molar-refractivity contribution in [2.24, 2.45) is 0 Å². The molecule has 1 saturated heterocycles. The van der Waals surface area contributed by atoms with Gasteiger partial charge in [-0.05, 0) is 39.2 Å². The number of carbonyl (C=O) groups excluding carboxylic acids is 1. The normalized spacial score (nSPS) is 18.6. The number of nitrogens with zero attached hydrogens (tertiary/aromatic N) is 1. The minimum absolute atomic E-state index is 0.0598. The fraction of sp³-hybridized carbons (Fsp3) is 0.611. The minimum Gasteiger partial charge on any atom is -0.342 e. The van der Waals surface area contributed by atoms with Crippen LogP contribution in [0.4, 0.5) is 0 Å². The Hall–Kier alpha value is -1.16. The Kier molecular flexibility index (Phi) is 6.18. The summed E-state index contributed by atoms with van der Waals surface area (Å²) in [4.78, 5) is 14.5. The number of rotatable bonds is 4. The van der Waals surface area contributed by atoms with Gasteiger partial charge in [-0.2, -0.15) is 0 Å². The molecule has 0 bridgehead atoms. The molecule has 1 aromatic rings. The summed E-state index contributed by atoms with van der Waals surface area (Å²) in [5.41, 5.74) is 3.42. The molecular weight excluding hydrogens is 294 g/mol. The molecule has 3 nitrogen and oxygen atoms in total. The van der Waals surface area contributed by atoms with Crippen LogP contribution in [0.2, 0.25) is 0 Å². The van der Waals surface area contributed by atoms with E-state index in [2.05, 4.69) is 18.2 Å². The van der Waals surface area contributed by atoms with Crippen molar-refractivity contribution in [1.29, 1.82) is 0 Å². The standard InChI is InChI=1S/C18H27NO2S/c1-14-10-15(2)12-17(11-14)13-22(21)16(3)18(20)19-8-6-4-5-7-9-19/h10-12,16H,4-9,13H2,1-3H3. The molecular formula is C18H27NO2S. The lowest BCUT2D eigenvalue weighted by atomic mass is 10.1. The second-order valence-electron chi connectivity index (χ2n) is 6.40. The van der Waals surface area contributed by atoms with Crippen LogP contribution in [0.15, 0.2) is 18.2 Å². The predicted molar refractivity (Wildman–Crippen MR) is 92.3 cm³/mol. The molecule has 0 aromatic heterocycles. The first-order valence-corrected chi connectivity index (χ1v) is 9.58. The van der Waals surface area contributed by atoms with Crippen LogP contribution in [0.1, 0.15) is 49.3 Å². The first kappa shape index (κ1) is 17.2. The fourth-order valence-electron chi connectivity index (χ4n) is 3.10. The van der Waals surface area contributed by atoms with Crippen LogP contribution < -0.4 is 0 Å². The zero-order valence-corrected chi connectivity index (χ0v) is 14.7. The van der Waals surface area contributed by atoms with Crippen LogP contribution in [0, 0.1) is 13.8 Å². The maximum atomic E-state index is 12.6. The summed E-state index contributed by atoms with van der Waals surface area (Å²) < 4.78 is 12.6. The number of carbonyl (C=O) groups is 1. The average molecular weight is 321 g/mol. The molecule has 0 aliphatic carbocycles. The summed E-state index contributed by atoms with van der Waals surface area (Å²) in [7, 11) is -1.16. The van der Waals surface area contributed by atoms with E-state index in [0.717, 1.165) is 31.5 Å². The quantitative estimate of drug-likeness (QED) is 0.853. The molecule has 0 spiro atoms. The molecule has 1 amide bonds. The third-order valence-electron chi connectivity index (χ3n) is 4.25. The molecule has 0 N–H and O–H groups in total. The molecule has 2 rings (SSSR count). The van der Waals surface area contributed by atoms with Crippen molar-refractivity contribution in [3.8, 4) is 0 Å². The van der Waals surface area contributed by atoms with E-state index in [4.69, 9.17) is 0 Å². The maximum Gasteiger partial charge on any atom is 0.238 e. The van der Waals surface area contributed by atoms with Crippen molar-refractivity contribution < 1.29 is 9.00 Å². The largest absolute Gasteiger partial charge is 0.342 e. The van der Waals surface area contributed by atoms with Crippen LogP contribution in [0.5, 0.6) is 0 Å². The number of aryl methyl sites for hydroxylation is 2. The van der Waals surface area contributed by atoms with Crippen LogP contribution in [-0.2, 0) is 21.3 Å². The highest BCUT2D eigenvalue weighted by Gasteiger charge is 2.26. The SMILES string of the molecule is Cc1cc(C)cc(CS(=O)C(C)C(=O)N2CCCCCC2)c1. The van der Waals surface area contributed by atoms with E-state index in [1.54, 1.807) is 0 Å². The lowest BCUT2D eigenvalue weighted by molar-refractivity contribution is -0.130. The summed E-state index contributed by atoms with van der Waals surface area (Å²) in [5, 5.41) is -0.418. The van der Waals surface area contributed by atoms with E-state index < -0.39 is 16.0 Å². The van der Waals surface area contributed by atoms with Crippen molar-refractivity contribution in [3.05, 3.63) is 34.9 Å². The van der Waals surface area contributed by atoms with Crippen LogP contribution in [0.25, 0.3) is 0 Å². The van der Waals surface area contributed by atoms with Gasteiger partial charge in [-0.3, -0.25) is 9.00 Å². The van der Waals surface area contributed by atoms with Gasteiger partial charge in [0.2, 0.25) is 5.91 Å². The van der Waals surface area contributed by atoms with Crippen molar-refractivity contribution in [2.45, 2.75) is 57.5 Å². The molecule has 1 aliphatic rings. The van der Waals surface area contributed by atoms with E-state index in [9.17, 15) is 9.00 Å². The molecule has 2 atom stereocenters. The molecule has 0 saturated carbocycles. The highest BCUT2D eigenvalue weighted by Crippen LogP contribution is 2.16. The minimum atomic E-state index is -1.16. The number of likely N-dealkylation sites (tertiary alicyclic amines) is 1. The van der Waals surface area contributed by atoms with Gasteiger partial charge in [0.1, 0.15) is 5.25 Å². The summed E-state index contributed by atoms with van der Waals surface area (Å²) in [6.07, 6.45) is 4.54. The van der Waals surface area contributed by atoms with Crippen molar-refractivity contribution in [1.82, 2.24) is 4.90 Å². The summed E-state index contributed by atoms with van der Waals surface area (Å²) in [6, 6.07) is 6.24. The van der Waals surface area contributed by atoms with Gasteiger partial charge >= 0.3 is 0 Å². The number of hydrogen-bond acceptors (Lipinski definition) is 2. The fourth-order valence-corrected chi connectivity index (χ4v) is 4.22. The molecule has 22 heavy (non-hydrogen) atoms. The number of benzene rings is 1. The highest BCUT2D eigenvalue weighted by molar-refractivity contribution is 7.85. The van der Waals surface area contributed by atoms with E-state index in [0.29, 0.717) is 5.75 Å². The first-order valence-electron chi connectivity index (χ1n) is 8.20. The third-order valence-corrected chi connectivity index (χ3v) is 5.86. The van der Waals surface area contributed by atoms with Gasteiger partial charge < -0.3 is 4.90 Å². The predicted octanol–water partition coefficient (Wildman–Crippen LogP) is 3.34. The zero-order chi connectivity index (χ0) is 16.1. The molecule has 122 valence electrons. The monoisotopic (exact) mass is 321 g/mol. The molecule has 1 heterocycles.